The smallest absolute Gasteiger partial charge is 0.231 e. The highest BCUT2D eigenvalue weighted by atomic mass is 35.5. The van der Waals surface area contributed by atoms with Crippen LogP contribution in [-0.2, 0) is 0 Å². The number of rotatable bonds is 4. The summed E-state index contributed by atoms with van der Waals surface area (Å²) in [6.07, 6.45) is -0.808. The highest BCUT2D eigenvalue weighted by Gasteiger charge is 2.17. The summed E-state index contributed by atoms with van der Waals surface area (Å²) in [5.74, 6) is 0.720. The summed E-state index contributed by atoms with van der Waals surface area (Å²) in [5.41, 5.74) is 0.913. The van der Waals surface area contributed by atoms with Gasteiger partial charge in [0, 0.05) is 6.54 Å². The van der Waals surface area contributed by atoms with E-state index in [9.17, 15) is 9.50 Å². The van der Waals surface area contributed by atoms with Crippen molar-refractivity contribution < 1.29 is 19.0 Å². The van der Waals surface area contributed by atoms with Crippen LogP contribution in [0.25, 0.3) is 0 Å². The lowest BCUT2D eigenvalue weighted by molar-refractivity contribution is 0.173. The molecule has 1 aliphatic heterocycles. The summed E-state index contributed by atoms with van der Waals surface area (Å²) < 4.78 is 24.2. The molecule has 0 saturated carbocycles. The number of hydrogen-bond acceptors (Lipinski definition) is 4. The molecule has 110 valence electrons. The van der Waals surface area contributed by atoms with Gasteiger partial charge in [-0.1, -0.05) is 23.7 Å². The SMILES string of the molecule is OC(CNc1cccc(Cl)c1F)c1ccc2c(c1)OCO2. The molecule has 1 unspecified atom stereocenters. The average Bonchev–Trinajstić information content (AvgIpc) is 2.96. The van der Waals surface area contributed by atoms with Gasteiger partial charge in [-0.2, -0.15) is 0 Å². The molecular weight excluding hydrogens is 297 g/mol. The molecule has 1 aliphatic rings. The minimum Gasteiger partial charge on any atom is -0.454 e. The van der Waals surface area contributed by atoms with Gasteiger partial charge in [0.25, 0.3) is 0 Å². The maximum atomic E-state index is 13.7. The van der Waals surface area contributed by atoms with Crippen LogP contribution in [0.4, 0.5) is 10.1 Å². The van der Waals surface area contributed by atoms with Gasteiger partial charge in [0.1, 0.15) is 0 Å². The molecule has 1 heterocycles. The fourth-order valence-corrected chi connectivity index (χ4v) is 2.26. The van der Waals surface area contributed by atoms with Gasteiger partial charge in [0.15, 0.2) is 17.3 Å². The maximum absolute atomic E-state index is 13.7. The second-order valence-electron chi connectivity index (χ2n) is 4.61. The molecule has 3 rings (SSSR count). The van der Waals surface area contributed by atoms with E-state index in [1.165, 1.54) is 6.07 Å². The number of aliphatic hydroxyl groups excluding tert-OH is 1. The number of hydrogen-bond donors (Lipinski definition) is 2. The molecule has 2 N–H and O–H groups in total. The van der Waals surface area contributed by atoms with Crippen LogP contribution in [-0.4, -0.2) is 18.4 Å². The number of anilines is 1. The molecule has 0 aromatic heterocycles. The Morgan fingerprint density at radius 2 is 2.05 bits per heavy atom. The van der Waals surface area contributed by atoms with Crippen molar-refractivity contribution in [3.63, 3.8) is 0 Å². The van der Waals surface area contributed by atoms with Crippen molar-refractivity contribution in [1.82, 2.24) is 0 Å². The predicted octanol–water partition coefficient (Wildman–Crippen LogP) is 3.35. The van der Waals surface area contributed by atoms with E-state index in [1.807, 2.05) is 0 Å². The molecule has 0 spiro atoms. The Morgan fingerprint density at radius 3 is 2.90 bits per heavy atom. The monoisotopic (exact) mass is 309 g/mol. The summed E-state index contributed by atoms with van der Waals surface area (Å²) in [6.45, 7) is 0.331. The molecule has 1 atom stereocenters. The Bertz CT molecular complexity index is 665. The molecule has 0 aliphatic carbocycles. The lowest BCUT2D eigenvalue weighted by Crippen LogP contribution is -2.13. The zero-order chi connectivity index (χ0) is 14.8. The van der Waals surface area contributed by atoms with Crippen molar-refractivity contribution in [2.24, 2.45) is 0 Å². The van der Waals surface area contributed by atoms with Gasteiger partial charge in [-0.3, -0.25) is 0 Å². The molecule has 2 aromatic carbocycles. The molecule has 0 amide bonds. The van der Waals surface area contributed by atoms with E-state index in [-0.39, 0.29) is 24.0 Å². The third-order valence-corrected chi connectivity index (χ3v) is 3.51. The second-order valence-corrected chi connectivity index (χ2v) is 5.02. The summed E-state index contributed by atoms with van der Waals surface area (Å²) in [5, 5.41) is 13.0. The summed E-state index contributed by atoms with van der Waals surface area (Å²) in [7, 11) is 0. The summed E-state index contributed by atoms with van der Waals surface area (Å²) in [6, 6.07) is 9.86. The Labute approximate surface area is 126 Å². The van der Waals surface area contributed by atoms with Crippen LogP contribution in [0.1, 0.15) is 11.7 Å². The number of halogens is 2. The number of ether oxygens (including phenoxy) is 2. The minimum absolute atomic E-state index is 0.0394. The van der Waals surface area contributed by atoms with Crippen molar-refractivity contribution in [3.8, 4) is 11.5 Å². The normalized spacial score (nSPS) is 14.0. The highest BCUT2D eigenvalue weighted by molar-refractivity contribution is 6.31. The Morgan fingerprint density at radius 1 is 1.24 bits per heavy atom. The average molecular weight is 310 g/mol. The summed E-state index contributed by atoms with van der Waals surface area (Å²) >= 11 is 5.70. The molecule has 6 heteroatoms. The van der Waals surface area contributed by atoms with Crippen molar-refractivity contribution in [3.05, 3.63) is 52.8 Å². The van der Waals surface area contributed by atoms with Crippen LogP contribution in [0.3, 0.4) is 0 Å². The van der Waals surface area contributed by atoms with Crippen LogP contribution in [0, 0.1) is 5.82 Å². The third-order valence-electron chi connectivity index (χ3n) is 3.22. The van der Waals surface area contributed by atoms with E-state index in [4.69, 9.17) is 21.1 Å². The highest BCUT2D eigenvalue weighted by Crippen LogP contribution is 2.34. The van der Waals surface area contributed by atoms with Gasteiger partial charge in [-0.15, -0.1) is 0 Å². The number of nitrogens with one attached hydrogen (secondary N) is 1. The standard InChI is InChI=1S/C15H13ClFNO3/c16-10-2-1-3-11(15(10)17)18-7-12(19)9-4-5-13-14(6-9)21-8-20-13/h1-6,12,18-19H,7-8H2. The van der Waals surface area contributed by atoms with Gasteiger partial charge < -0.3 is 19.9 Å². The minimum atomic E-state index is -0.808. The van der Waals surface area contributed by atoms with E-state index in [1.54, 1.807) is 30.3 Å². The van der Waals surface area contributed by atoms with Gasteiger partial charge in [-0.25, -0.2) is 4.39 Å². The predicted molar refractivity (Wildman–Crippen MR) is 77.4 cm³/mol. The van der Waals surface area contributed by atoms with Crippen LogP contribution in [0.2, 0.25) is 5.02 Å². The van der Waals surface area contributed by atoms with E-state index >= 15 is 0 Å². The Hall–Kier alpha value is -1.98. The molecule has 4 nitrogen and oxygen atoms in total. The third kappa shape index (κ3) is 2.89. The van der Waals surface area contributed by atoms with Crippen molar-refractivity contribution in [2.45, 2.75) is 6.10 Å². The first-order chi connectivity index (χ1) is 10.1. The number of fused-ring (bicyclic) bond motifs is 1. The zero-order valence-corrected chi connectivity index (χ0v) is 11.7. The molecule has 0 bridgehead atoms. The van der Waals surface area contributed by atoms with E-state index in [0.29, 0.717) is 17.1 Å². The molecule has 0 radical (unpaired) electrons. The van der Waals surface area contributed by atoms with E-state index in [0.717, 1.165) is 0 Å². The van der Waals surface area contributed by atoms with Crippen LogP contribution >= 0.6 is 11.6 Å². The van der Waals surface area contributed by atoms with Crippen LogP contribution in [0.5, 0.6) is 11.5 Å². The van der Waals surface area contributed by atoms with Gasteiger partial charge >= 0.3 is 0 Å². The fraction of sp³-hybridized carbons (Fsp3) is 0.200. The van der Waals surface area contributed by atoms with E-state index < -0.39 is 11.9 Å². The van der Waals surface area contributed by atoms with Crippen LogP contribution < -0.4 is 14.8 Å². The number of benzene rings is 2. The first-order valence-electron chi connectivity index (χ1n) is 6.40. The van der Waals surface area contributed by atoms with Crippen molar-refractivity contribution >= 4 is 17.3 Å². The fourth-order valence-electron chi connectivity index (χ4n) is 2.09. The first kappa shape index (κ1) is 14.0. The lowest BCUT2D eigenvalue weighted by Gasteiger charge is -2.14. The first-order valence-corrected chi connectivity index (χ1v) is 6.78. The Kier molecular flexibility index (Phi) is 3.86. The molecular formula is C15H13ClFNO3. The summed E-state index contributed by atoms with van der Waals surface area (Å²) in [4.78, 5) is 0. The second kappa shape index (κ2) is 5.79. The largest absolute Gasteiger partial charge is 0.454 e. The molecule has 0 saturated heterocycles. The topological polar surface area (TPSA) is 50.7 Å². The van der Waals surface area contributed by atoms with Crippen LogP contribution in [0.15, 0.2) is 36.4 Å². The quantitative estimate of drug-likeness (QED) is 0.909. The van der Waals surface area contributed by atoms with E-state index in [2.05, 4.69) is 5.32 Å². The zero-order valence-electron chi connectivity index (χ0n) is 11.0. The molecule has 0 fully saturated rings. The van der Waals surface area contributed by atoms with Crippen molar-refractivity contribution in [2.75, 3.05) is 18.7 Å². The lowest BCUT2D eigenvalue weighted by atomic mass is 10.1. The van der Waals surface area contributed by atoms with Gasteiger partial charge in [0.05, 0.1) is 16.8 Å². The molecule has 2 aromatic rings. The van der Waals surface area contributed by atoms with Crippen molar-refractivity contribution in [1.29, 1.82) is 0 Å². The maximum Gasteiger partial charge on any atom is 0.231 e. The van der Waals surface area contributed by atoms with Gasteiger partial charge in [0.2, 0.25) is 6.79 Å². The molecule has 21 heavy (non-hydrogen) atoms. The Balaban J connectivity index is 1.69. The van der Waals surface area contributed by atoms with Gasteiger partial charge in [-0.05, 0) is 29.8 Å². The number of aliphatic hydroxyl groups is 1.